The first-order valence-corrected chi connectivity index (χ1v) is 7.02. The number of rotatable bonds is 3. The van der Waals surface area contributed by atoms with Crippen molar-refractivity contribution in [3.05, 3.63) is 16.6 Å². The minimum Gasteiger partial charge on any atom is -0.293 e. The number of hydrogen-bond acceptors (Lipinski definition) is 3. The monoisotopic (exact) mass is 308 g/mol. The van der Waals surface area contributed by atoms with Gasteiger partial charge in [0.1, 0.15) is 5.01 Å². The Morgan fingerprint density at radius 1 is 1.69 bits per heavy atom. The zero-order valence-corrected chi connectivity index (χ0v) is 10.4. The number of halogens is 1. The van der Waals surface area contributed by atoms with E-state index in [1.165, 1.54) is 35.4 Å². The van der Waals surface area contributed by atoms with Crippen LogP contribution in [0, 0.1) is 0 Å². The van der Waals surface area contributed by atoms with Crippen LogP contribution in [0.1, 0.15) is 23.9 Å². The Labute approximate surface area is 96.5 Å². The molecular weight excluding hydrogens is 295 g/mol. The van der Waals surface area contributed by atoms with Crippen molar-refractivity contribution in [2.24, 2.45) is 0 Å². The van der Waals surface area contributed by atoms with Gasteiger partial charge in [0.15, 0.2) is 0 Å². The Kier molecular flexibility index (Phi) is 3.57. The molecule has 13 heavy (non-hydrogen) atoms. The van der Waals surface area contributed by atoms with Gasteiger partial charge in [-0.25, -0.2) is 4.98 Å². The standard InChI is InChI=1S/C9H13IN2S/c10-3-6-12-5-1-2-8(12)9-11-4-7-13-9/h4,7-8H,1-3,5-6H2. The van der Waals surface area contributed by atoms with Crippen molar-refractivity contribution in [1.82, 2.24) is 9.88 Å². The predicted molar refractivity (Wildman–Crippen MR) is 64.5 cm³/mol. The molecule has 2 rings (SSSR count). The largest absolute Gasteiger partial charge is 0.293 e. The first kappa shape index (κ1) is 9.86. The van der Waals surface area contributed by atoms with Gasteiger partial charge in [-0.05, 0) is 19.4 Å². The van der Waals surface area contributed by atoms with E-state index in [4.69, 9.17) is 0 Å². The molecule has 1 fully saturated rings. The number of alkyl halides is 1. The topological polar surface area (TPSA) is 16.1 Å². The van der Waals surface area contributed by atoms with Crippen molar-refractivity contribution in [3.8, 4) is 0 Å². The minimum absolute atomic E-state index is 0.620. The van der Waals surface area contributed by atoms with E-state index in [1.807, 2.05) is 6.20 Å². The van der Waals surface area contributed by atoms with Crippen LogP contribution >= 0.6 is 33.9 Å². The lowest BCUT2D eigenvalue weighted by Gasteiger charge is -2.21. The lowest BCUT2D eigenvalue weighted by atomic mass is 10.2. The Bertz CT molecular complexity index is 250. The molecule has 0 saturated carbocycles. The molecule has 0 N–H and O–H groups in total. The van der Waals surface area contributed by atoms with Gasteiger partial charge in [-0.2, -0.15) is 0 Å². The van der Waals surface area contributed by atoms with Crippen LogP contribution in [0.3, 0.4) is 0 Å². The average Bonchev–Trinajstić information content (AvgIpc) is 2.71. The lowest BCUT2D eigenvalue weighted by Crippen LogP contribution is -2.24. The van der Waals surface area contributed by atoms with E-state index in [0.717, 1.165) is 0 Å². The highest BCUT2D eigenvalue weighted by molar-refractivity contribution is 14.1. The van der Waals surface area contributed by atoms with Gasteiger partial charge in [0.2, 0.25) is 0 Å². The Morgan fingerprint density at radius 2 is 2.62 bits per heavy atom. The number of likely N-dealkylation sites (tertiary alicyclic amines) is 1. The molecule has 4 heteroatoms. The number of aromatic nitrogens is 1. The van der Waals surface area contributed by atoms with Crippen LogP contribution in [0.2, 0.25) is 0 Å². The summed E-state index contributed by atoms with van der Waals surface area (Å²) in [6.07, 6.45) is 4.55. The maximum absolute atomic E-state index is 4.41. The fraction of sp³-hybridized carbons (Fsp3) is 0.667. The van der Waals surface area contributed by atoms with Crippen LogP contribution in [0.25, 0.3) is 0 Å². The van der Waals surface area contributed by atoms with E-state index in [-0.39, 0.29) is 0 Å². The third-order valence-corrected chi connectivity index (χ3v) is 3.83. The van der Waals surface area contributed by atoms with Crippen LogP contribution in [-0.4, -0.2) is 27.4 Å². The maximum Gasteiger partial charge on any atom is 0.110 e. The van der Waals surface area contributed by atoms with E-state index >= 15 is 0 Å². The molecule has 1 saturated heterocycles. The van der Waals surface area contributed by atoms with Gasteiger partial charge < -0.3 is 0 Å². The average molecular weight is 308 g/mol. The van der Waals surface area contributed by atoms with Crippen molar-refractivity contribution in [1.29, 1.82) is 0 Å². The molecule has 1 aromatic rings. The summed E-state index contributed by atoms with van der Waals surface area (Å²) in [6, 6.07) is 0.620. The second-order valence-corrected chi connectivity index (χ2v) is 5.26. The van der Waals surface area contributed by atoms with E-state index < -0.39 is 0 Å². The highest BCUT2D eigenvalue weighted by Gasteiger charge is 2.26. The smallest absolute Gasteiger partial charge is 0.110 e. The molecule has 1 aromatic heterocycles. The van der Waals surface area contributed by atoms with Crippen molar-refractivity contribution in [2.45, 2.75) is 18.9 Å². The summed E-state index contributed by atoms with van der Waals surface area (Å²) in [6.45, 7) is 2.47. The van der Waals surface area contributed by atoms with E-state index in [9.17, 15) is 0 Å². The number of hydrogen-bond donors (Lipinski definition) is 0. The van der Waals surface area contributed by atoms with E-state index in [1.54, 1.807) is 11.3 Å². The summed E-state index contributed by atoms with van der Waals surface area (Å²) in [5.41, 5.74) is 0. The number of thiazole rings is 1. The van der Waals surface area contributed by atoms with Crippen molar-refractivity contribution < 1.29 is 0 Å². The summed E-state index contributed by atoms with van der Waals surface area (Å²) >= 11 is 4.24. The molecule has 0 aromatic carbocycles. The van der Waals surface area contributed by atoms with Crippen LogP contribution in [0.4, 0.5) is 0 Å². The van der Waals surface area contributed by atoms with Crippen molar-refractivity contribution >= 4 is 33.9 Å². The SMILES string of the molecule is ICCN1CCCC1c1nccs1. The van der Waals surface area contributed by atoms with Crippen molar-refractivity contribution in [3.63, 3.8) is 0 Å². The zero-order valence-electron chi connectivity index (χ0n) is 7.45. The molecule has 0 bridgehead atoms. The first-order valence-electron chi connectivity index (χ1n) is 4.61. The fourth-order valence-corrected chi connectivity index (χ4v) is 3.31. The normalized spacial score (nSPS) is 23.9. The van der Waals surface area contributed by atoms with Crippen LogP contribution in [0.5, 0.6) is 0 Å². The van der Waals surface area contributed by atoms with Crippen LogP contribution in [-0.2, 0) is 0 Å². The highest BCUT2D eigenvalue weighted by atomic mass is 127. The molecule has 1 aliphatic rings. The predicted octanol–water partition coefficient (Wildman–Crippen LogP) is 2.72. The Hall–Kier alpha value is 0.320. The van der Waals surface area contributed by atoms with E-state index in [0.29, 0.717) is 6.04 Å². The van der Waals surface area contributed by atoms with Gasteiger partial charge in [0.05, 0.1) is 6.04 Å². The Morgan fingerprint density at radius 3 is 3.31 bits per heavy atom. The van der Waals surface area contributed by atoms with Gasteiger partial charge in [-0.1, -0.05) is 22.6 Å². The van der Waals surface area contributed by atoms with E-state index in [2.05, 4.69) is 37.9 Å². The first-order chi connectivity index (χ1) is 6.42. The molecule has 0 spiro atoms. The minimum atomic E-state index is 0.620. The second-order valence-electron chi connectivity index (χ2n) is 3.25. The second kappa shape index (κ2) is 4.70. The maximum atomic E-state index is 4.41. The lowest BCUT2D eigenvalue weighted by molar-refractivity contribution is 0.275. The quantitative estimate of drug-likeness (QED) is 0.630. The van der Waals surface area contributed by atoms with Gasteiger partial charge in [-0.15, -0.1) is 11.3 Å². The van der Waals surface area contributed by atoms with Crippen LogP contribution < -0.4 is 0 Å². The summed E-state index contributed by atoms with van der Waals surface area (Å²) in [5, 5.41) is 3.39. The summed E-state index contributed by atoms with van der Waals surface area (Å²) in [7, 11) is 0. The van der Waals surface area contributed by atoms with Gasteiger partial charge in [0.25, 0.3) is 0 Å². The third kappa shape index (κ3) is 2.22. The van der Waals surface area contributed by atoms with Gasteiger partial charge in [-0.3, -0.25) is 4.90 Å². The van der Waals surface area contributed by atoms with Gasteiger partial charge in [0, 0.05) is 22.5 Å². The molecule has 0 radical (unpaired) electrons. The van der Waals surface area contributed by atoms with Crippen molar-refractivity contribution in [2.75, 3.05) is 17.5 Å². The molecule has 0 aliphatic carbocycles. The molecule has 1 aliphatic heterocycles. The molecule has 2 nitrogen and oxygen atoms in total. The number of nitrogens with zero attached hydrogens (tertiary/aromatic N) is 2. The molecule has 2 heterocycles. The van der Waals surface area contributed by atoms with Crippen LogP contribution in [0.15, 0.2) is 11.6 Å². The molecule has 1 unspecified atom stereocenters. The molecule has 0 amide bonds. The Balaban J connectivity index is 2.05. The summed E-state index contributed by atoms with van der Waals surface area (Å²) in [5.74, 6) is 0. The summed E-state index contributed by atoms with van der Waals surface area (Å²) in [4.78, 5) is 6.97. The zero-order chi connectivity index (χ0) is 9.10. The molecular formula is C9H13IN2S. The summed E-state index contributed by atoms with van der Waals surface area (Å²) < 4.78 is 1.22. The third-order valence-electron chi connectivity index (χ3n) is 2.47. The fourth-order valence-electron chi connectivity index (χ4n) is 1.88. The van der Waals surface area contributed by atoms with Gasteiger partial charge >= 0.3 is 0 Å². The molecule has 72 valence electrons. The molecule has 1 atom stereocenters. The highest BCUT2D eigenvalue weighted by Crippen LogP contribution is 2.32.